The van der Waals surface area contributed by atoms with Gasteiger partial charge in [-0.25, -0.2) is 0 Å². The van der Waals surface area contributed by atoms with Gasteiger partial charge in [-0.2, -0.15) is 0 Å². The maximum Gasteiger partial charge on any atom is 0.311 e. The lowest BCUT2D eigenvalue weighted by atomic mass is 10.2. The number of anilines is 1. The molecule has 19 heavy (non-hydrogen) atoms. The molecule has 0 aliphatic rings. The first kappa shape index (κ1) is 15.2. The van der Waals surface area contributed by atoms with E-state index in [1.807, 2.05) is 11.9 Å². The van der Waals surface area contributed by atoms with E-state index in [9.17, 15) is 10.1 Å². The minimum atomic E-state index is -0.455. The van der Waals surface area contributed by atoms with Crippen molar-refractivity contribution in [1.29, 1.82) is 0 Å². The number of aliphatic hydroxyl groups excluding tert-OH is 1. The first-order chi connectivity index (χ1) is 9.10. The highest BCUT2D eigenvalue weighted by Gasteiger charge is 2.15. The van der Waals surface area contributed by atoms with Gasteiger partial charge in [-0.1, -0.05) is 0 Å². The van der Waals surface area contributed by atoms with Crippen molar-refractivity contribution in [3.05, 3.63) is 28.3 Å². The third kappa shape index (κ3) is 4.40. The standard InChI is InChI=1S/C13H20N2O4/c1-14(8-4-3-5-9-16)11-6-7-12(15(17)18)13(10-11)19-2/h6-7,10,16H,3-5,8-9H2,1-2H3. The minimum Gasteiger partial charge on any atom is -0.490 e. The fourth-order valence-corrected chi connectivity index (χ4v) is 1.82. The maximum absolute atomic E-state index is 10.8. The Bertz CT molecular complexity index is 423. The van der Waals surface area contributed by atoms with Crippen molar-refractivity contribution < 1.29 is 14.8 Å². The first-order valence-electron chi connectivity index (χ1n) is 6.24. The Balaban J connectivity index is 2.70. The average molecular weight is 268 g/mol. The highest BCUT2D eigenvalue weighted by atomic mass is 16.6. The molecule has 0 aliphatic carbocycles. The summed E-state index contributed by atoms with van der Waals surface area (Å²) >= 11 is 0. The normalized spacial score (nSPS) is 10.3. The lowest BCUT2D eigenvalue weighted by Gasteiger charge is -2.19. The van der Waals surface area contributed by atoms with Gasteiger partial charge in [-0.3, -0.25) is 10.1 Å². The molecule has 0 saturated heterocycles. The SMILES string of the molecule is COc1cc(N(C)CCCCCO)ccc1[N+](=O)[O-]. The van der Waals surface area contributed by atoms with Gasteiger partial charge in [0.2, 0.25) is 0 Å². The van der Waals surface area contributed by atoms with E-state index in [2.05, 4.69) is 0 Å². The zero-order valence-electron chi connectivity index (χ0n) is 11.3. The Morgan fingerprint density at radius 1 is 1.37 bits per heavy atom. The molecule has 0 unspecified atom stereocenters. The van der Waals surface area contributed by atoms with E-state index < -0.39 is 4.92 Å². The molecule has 0 radical (unpaired) electrons. The topological polar surface area (TPSA) is 75.8 Å². The van der Waals surface area contributed by atoms with Crippen LogP contribution < -0.4 is 9.64 Å². The largest absolute Gasteiger partial charge is 0.490 e. The molecule has 0 saturated carbocycles. The first-order valence-corrected chi connectivity index (χ1v) is 6.24. The molecule has 6 heteroatoms. The lowest BCUT2D eigenvalue weighted by Crippen LogP contribution is -2.18. The molecule has 0 amide bonds. The van der Waals surface area contributed by atoms with Crippen molar-refractivity contribution in [3.63, 3.8) is 0 Å². The highest BCUT2D eigenvalue weighted by molar-refractivity contribution is 5.58. The predicted octanol–water partition coefficient (Wildman–Crippen LogP) is 2.20. The fourth-order valence-electron chi connectivity index (χ4n) is 1.82. The van der Waals surface area contributed by atoms with Gasteiger partial charge >= 0.3 is 5.69 Å². The van der Waals surface area contributed by atoms with Gasteiger partial charge in [0.1, 0.15) is 0 Å². The Kier molecular flexibility index (Phi) is 6.08. The van der Waals surface area contributed by atoms with Crippen molar-refractivity contribution >= 4 is 11.4 Å². The van der Waals surface area contributed by atoms with Crippen molar-refractivity contribution in [2.75, 3.05) is 32.2 Å². The predicted molar refractivity (Wildman–Crippen MR) is 73.9 cm³/mol. The number of nitrogens with zero attached hydrogens (tertiary/aromatic N) is 2. The summed E-state index contributed by atoms with van der Waals surface area (Å²) in [6.07, 6.45) is 2.73. The summed E-state index contributed by atoms with van der Waals surface area (Å²) in [5.41, 5.74) is 0.853. The second-order valence-electron chi connectivity index (χ2n) is 4.32. The van der Waals surface area contributed by atoms with Crippen LogP contribution in [0.5, 0.6) is 5.75 Å². The number of benzene rings is 1. The van der Waals surface area contributed by atoms with Crippen LogP contribution >= 0.6 is 0 Å². The molecule has 0 aliphatic heterocycles. The Labute approximate surface area is 112 Å². The third-order valence-corrected chi connectivity index (χ3v) is 2.95. The molecule has 0 atom stereocenters. The summed E-state index contributed by atoms with van der Waals surface area (Å²) in [6.45, 7) is 1.05. The number of unbranched alkanes of at least 4 members (excludes halogenated alkanes) is 2. The number of hydrogen-bond acceptors (Lipinski definition) is 5. The molecule has 0 bridgehead atoms. The monoisotopic (exact) mass is 268 g/mol. The van der Waals surface area contributed by atoms with E-state index in [0.29, 0.717) is 0 Å². The molecule has 0 spiro atoms. The number of hydrogen-bond donors (Lipinski definition) is 1. The summed E-state index contributed by atoms with van der Waals surface area (Å²) < 4.78 is 5.04. The number of nitro groups is 1. The average Bonchev–Trinajstić information content (AvgIpc) is 2.42. The maximum atomic E-state index is 10.8. The van der Waals surface area contributed by atoms with E-state index in [-0.39, 0.29) is 18.0 Å². The van der Waals surface area contributed by atoms with Crippen LogP contribution in [-0.2, 0) is 0 Å². The van der Waals surface area contributed by atoms with Crippen molar-refractivity contribution in [1.82, 2.24) is 0 Å². The molecule has 0 aromatic heterocycles. The van der Waals surface area contributed by atoms with Gasteiger partial charge in [-0.05, 0) is 25.3 Å². The zero-order valence-corrected chi connectivity index (χ0v) is 11.3. The molecule has 1 rings (SSSR count). The van der Waals surface area contributed by atoms with Crippen LogP contribution in [0.3, 0.4) is 0 Å². The van der Waals surface area contributed by atoms with Crippen molar-refractivity contribution in [2.24, 2.45) is 0 Å². The van der Waals surface area contributed by atoms with Crippen molar-refractivity contribution in [2.45, 2.75) is 19.3 Å². The van der Waals surface area contributed by atoms with Gasteiger partial charge in [-0.15, -0.1) is 0 Å². The quantitative estimate of drug-likeness (QED) is 0.444. The third-order valence-electron chi connectivity index (χ3n) is 2.95. The number of nitro benzene ring substituents is 1. The summed E-state index contributed by atoms with van der Waals surface area (Å²) in [5.74, 6) is 0.268. The van der Waals surface area contributed by atoms with E-state index >= 15 is 0 Å². The number of aliphatic hydroxyl groups is 1. The molecular weight excluding hydrogens is 248 g/mol. The molecule has 106 valence electrons. The second kappa shape index (κ2) is 7.58. The number of rotatable bonds is 8. The van der Waals surface area contributed by atoms with Gasteiger partial charge in [0, 0.05) is 38.0 Å². The second-order valence-corrected chi connectivity index (χ2v) is 4.32. The number of methoxy groups -OCH3 is 1. The molecular formula is C13H20N2O4. The van der Waals surface area contributed by atoms with Crippen LogP contribution in [0.2, 0.25) is 0 Å². The van der Waals surface area contributed by atoms with Gasteiger partial charge in [0.05, 0.1) is 12.0 Å². The van der Waals surface area contributed by atoms with E-state index in [4.69, 9.17) is 9.84 Å². The van der Waals surface area contributed by atoms with Gasteiger partial charge in [0.15, 0.2) is 5.75 Å². The Morgan fingerprint density at radius 2 is 2.11 bits per heavy atom. The van der Waals surface area contributed by atoms with Gasteiger partial charge < -0.3 is 14.7 Å². The van der Waals surface area contributed by atoms with E-state index in [1.54, 1.807) is 12.1 Å². The number of ether oxygens (including phenoxy) is 1. The van der Waals surface area contributed by atoms with Crippen LogP contribution in [0, 0.1) is 10.1 Å². The summed E-state index contributed by atoms with van der Waals surface area (Å²) in [6, 6.07) is 4.84. The molecule has 0 heterocycles. The smallest absolute Gasteiger partial charge is 0.311 e. The van der Waals surface area contributed by atoms with Crippen LogP contribution in [0.1, 0.15) is 19.3 Å². The minimum absolute atomic E-state index is 0.0278. The van der Waals surface area contributed by atoms with E-state index in [1.165, 1.54) is 13.2 Å². The fraction of sp³-hybridized carbons (Fsp3) is 0.538. The van der Waals surface area contributed by atoms with Crippen molar-refractivity contribution in [3.8, 4) is 5.75 Å². The van der Waals surface area contributed by atoms with E-state index in [0.717, 1.165) is 31.5 Å². The molecule has 6 nitrogen and oxygen atoms in total. The zero-order chi connectivity index (χ0) is 14.3. The Morgan fingerprint density at radius 3 is 2.68 bits per heavy atom. The molecule has 1 N–H and O–H groups in total. The summed E-state index contributed by atoms with van der Waals surface area (Å²) in [5, 5.41) is 19.5. The van der Waals surface area contributed by atoms with Crippen LogP contribution in [-0.4, -0.2) is 37.3 Å². The summed E-state index contributed by atoms with van der Waals surface area (Å²) in [4.78, 5) is 12.4. The molecule has 1 aromatic carbocycles. The summed E-state index contributed by atoms with van der Waals surface area (Å²) in [7, 11) is 3.35. The van der Waals surface area contributed by atoms with Crippen LogP contribution in [0.4, 0.5) is 11.4 Å². The van der Waals surface area contributed by atoms with Crippen LogP contribution in [0.25, 0.3) is 0 Å². The van der Waals surface area contributed by atoms with Crippen LogP contribution in [0.15, 0.2) is 18.2 Å². The molecule has 0 fully saturated rings. The molecule has 1 aromatic rings. The lowest BCUT2D eigenvalue weighted by molar-refractivity contribution is -0.385. The highest BCUT2D eigenvalue weighted by Crippen LogP contribution is 2.31. The van der Waals surface area contributed by atoms with Gasteiger partial charge in [0.25, 0.3) is 0 Å². The Hall–Kier alpha value is -1.82.